The lowest BCUT2D eigenvalue weighted by Gasteiger charge is -2.27. The van der Waals surface area contributed by atoms with Gasteiger partial charge >= 0.3 is 0 Å². The van der Waals surface area contributed by atoms with E-state index in [1.807, 2.05) is 0 Å². The van der Waals surface area contributed by atoms with Gasteiger partial charge in [0.1, 0.15) is 0 Å². The molecule has 0 unspecified atom stereocenters. The summed E-state index contributed by atoms with van der Waals surface area (Å²) in [5, 5.41) is 3.37. The largest absolute Gasteiger partial charge is 0.387 e. The van der Waals surface area contributed by atoms with Gasteiger partial charge in [0.15, 0.2) is 0 Å². The molecule has 0 saturated carbocycles. The predicted molar refractivity (Wildman–Crippen MR) is 75.2 cm³/mol. The molecule has 2 aromatic carbocycles. The summed E-state index contributed by atoms with van der Waals surface area (Å²) in [7, 11) is 0. The van der Waals surface area contributed by atoms with Crippen LogP contribution in [0.4, 0.5) is 0 Å². The van der Waals surface area contributed by atoms with E-state index >= 15 is 0 Å². The SMILES string of the molecule is C1=C\c2ccccc2-c2c(ccc3c2CC3)CN/1. The Balaban J connectivity index is 2.06. The van der Waals surface area contributed by atoms with E-state index in [-0.39, 0.29) is 0 Å². The molecule has 0 saturated heterocycles. The van der Waals surface area contributed by atoms with Crippen molar-refractivity contribution >= 4 is 6.08 Å². The molecule has 0 fully saturated rings. The number of nitrogens with one attached hydrogen (secondary N) is 1. The van der Waals surface area contributed by atoms with Gasteiger partial charge in [-0.3, -0.25) is 0 Å². The maximum atomic E-state index is 3.37. The lowest BCUT2D eigenvalue weighted by atomic mass is 9.79. The zero-order valence-corrected chi connectivity index (χ0v) is 10.2. The maximum Gasteiger partial charge on any atom is 0.0401 e. The summed E-state index contributed by atoms with van der Waals surface area (Å²) in [4.78, 5) is 0. The van der Waals surface area contributed by atoms with Gasteiger partial charge in [-0.1, -0.05) is 36.4 Å². The molecule has 88 valence electrons. The van der Waals surface area contributed by atoms with Crippen molar-refractivity contribution in [1.82, 2.24) is 5.32 Å². The average molecular weight is 233 g/mol. The summed E-state index contributed by atoms with van der Waals surface area (Å²) in [6.07, 6.45) is 6.71. The summed E-state index contributed by atoms with van der Waals surface area (Å²) in [6.45, 7) is 0.924. The minimum absolute atomic E-state index is 0.924. The minimum Gasteiger partial charge on any atom is -0.387 e. The van der Waals surface area contributed by atoms with Crippen molar-refractivity contribution in [2.75, 3.05) is 0 Å². The molecule has 0 atom stereocenters. The van der Waals surface area contributed by atoms with E-state index in [4.69, 9.17) is 0 Å². The number of aryl methyl sites for hydroxylation is 1. The third-order valence-electron chi connectivity index (χ3n) is 4.04. The molecular weight excluding hydrogens is 218 g/mol. The Hall–Kier alpha value is -2.02. The molecule has 1 heteroatoms. The molecule has 18 heavy (non-hydrogen) atoms. The van der Waals surface area contributed by atoms with Crippen LogP contribution in [-0.2, 0) is 19.4 Å². The smallest absolute Gasteiger partial charge is 0.0401 e. The van der Waals surface area contributed by atoms with Crippen molar-refractivity contribution < 1.29 is 0 Å². The van der Waals surface area contributed by atoms with Crippen molar-refractivity contribution in [3.05, 3.63) is 64.9 Å². The number of hydrogen-bond acceptors (Lipinski definition) is 1. The van der Waals surface area contributed by atoms with Crippen LogP contribution in [0.25, 0.3) is 17.2 Å². The Bertz CT molecular complexity index is 653. The van der Waals surface area contributed by atoms with Gasteiger partial charge in [0.05, 0.1) is 0 Å². The maximum absolute atomic E-state index is 3.37. The molecule has 0 amide bonds. The van der Waals surface area contributed by atoms with E-state index in [9.17, 15) is 0 Å². The van der Waals surface area contributed by atoms with Gasteiger partial charge in [-0.25, -0.2) is 0 Å². The Kier molecular flexibility index (Phi) is 2.07. The standard InChI is InChI=1S/C17H15N/c1-2-4-15-12(3-1)9-10-18-11-14-6-5-13-7-8-16(13)17(14)15/h1-6,9-10,18H,7-8,11H2/b10-9-. The molecule has 2 aliphatic rings. The van der Waals surface area contributed by atoms with E-state index in [0.29, 0.717) is 0 Å². The average Bonchev–Trinajstić information content (AvgIpc) is 2.35. The van der Waals surface area contributed by atoms with Gasteiger partial charge in [0.2, 0.25) is 0 Å². The topological polar surface area (TPSA) is 12.0 Å². The number of rotatable bonds is 0. The predicted octanol–water partition coefficient (Wildman–Crippen LogP) is 3.53. The van der Waals surface area contributed by atoms with Crippen LogP contribution in [0, 0.1) is 0 Å². The molecule has 1 aliphatic heterocycles. The first-order valence-electron chi connectivity index (χ1n) is 6.56. The van der Waals surface area contributed by atoms with E-state index in [2.05, 4.69) is 54.0 Å². The third-order valence-corrected chi connectivity index (χ3v) is 4.04. The number of benzene rings is 2. The molecule has 0 radical (unpaired) electrons. The fourth-order valence-corrected chi connectivity index (χ4v) is 3.01. The normalized spacial score (nSPS) is 17.1. The van der Waals surface area contributed by atoms with Crippen molar-refractivity contribution in [3.8, 4) is 11.1 Å². The molecular formula is C17H15N. The fraction of sp³-hybridized carbons (Fsp3) is 0.176. The highest BCUT2D eigenvalue weighted by molar-refractivity contribution is 5.82. The number of hydrogen-bond donors (Lipinski definition) is 1. The third kappa shape index (κ3) is 1.34. The highest BCUT2D eigenvalue weighted by Crippen LogP contribution is 2.38. The van der Waals surface area contributed by atoms with Crippen LogP contribution >= 0.6 is 0 Å². The second kappa shape index (κ2) is 3.74. The van der Waals surface area contributed by atoms with E-state index in [0.717, 1.165) is 6.54 Å². The second-order valence-corrected chi connectivity index (χ2v) is 5.04. The molecule has 0 spiro atoms. The van der Waals surface area contributed by atoms with Gasteiger partial charge in [-0.05, 0) is 58.5 Å². The van der Waals surface area contributed by atoms with Crippen LogP contribution in [0.1, 0.15) is 22.3 Å². The zero-order valence-electron chi connectivity index (χ0n) is 10.2. The van der Waals surface area contributed by atoms with Gasteiger partial charge in [-0.2, -0.15) is 0 Å². The quantitative estimate of drug-likeness (QED) is 0.734. The van der Waals surface area contributed by atoms with E-state index < -0.39 is 0 Å². The Labute approximate surface area is 107 Å². The molecule has 1 N–H and O–H groups in total. The van der Waals surface area contributed by atoms with Crippen LogP contribution in [0.15, 0.2) is 42.6 Å². The molecule has 1 heterocycles. The van der Waals surface area contributed by atoms with E-state index in [1.165, 1.54) is 40.7 Å². The van der Waals surface area contributed by atoms with Crippen molar-refractivity contribution in [3.63, 3.8) is 0 Å². The summed E-state index contributed by atoms with van der Waals surface area (Å²) < 4.78 is 0. The van der Waals surface area contributed by atoms with Gasteiger partial charge < -0.3 is 5.32 Å². The van der Waals surface area contributed by atoms with Crippen molar-refractivity contribution in [2.24, 2.45) is 0 Å². The summed E-state index contributed by atoms with van der Waals surface area (Å²) >= 11 is 0. The first kappa shape index (κ1) is 9.95. The van der Waals surface area contributed by atoms with Crippen LogP contribution in [0.5, 0.6) is 0 Å². The molecule has 1 nitrogen and oxygen atoms in total. The summed E-state index contributed by atoms with van der Waals surface area (Å²) in [5.41, 5.74) is 8.70. The summed E-state index contributed by atoms with van der Waals surface area (Å²) in [6, 6.07) is 13.3. The molecule has 2 aromatic rings. The van der Waals surface area contributed by atoms with Crippen LogP contribution in [0.3, 0.4) is 0 Å². The highest BCUT2D eigenvalue weighted by atomic mass is 14.8. The monoisotopic (exact) mass is 233 g/mol. The van der Waals surface area contributed by atoms with E-state index in [1.54, 1.807) is 5.56 Å². The zero-order chi connectivity index (χ0) is 11.9. The van der Waals surface area contributed by atoms with Crippen LogP contribution < -0.4 is 5.32 Å². The highest BCUT2D eigenvalue weighted by Gasteiger charge is 2.22. The second-order valence-electron chi connectivity index (χ2n) is 5.04. The number of fused-ring (bicyclic) bond motifs is 5. The lowest BCUT2D eigenvalue weighted by molar-refractivity contribution is 0.819. The molecule has 0 bridgehead atoms. The molecule has 1 aliphatic carbocycles. The first-order valence-corrected chi connectivity index (χ1v) is 6.56. The Morgan fingerprint density at radius 3 is 2.67 bits per heavy atom. The van der Waals surface area contributed by atoms with Gasteiger partial charge in [0, 0.05) is 6.54 Å². The van der Waals surface area contributed by atoms with Gasteiger partial charge in [0.25, 0.3) is 0 Å². The van der Waals surface area contributed by atoms with Crippen LogP contribution in [-0.4, -0.2) is 0 Å². The van der Waals surface area contributed by atoms with Crippen LogP contribution in [0.2, 0.25) is 0 Å². The minimum atomic E-state index is 0.924. The Morgan fingerprint density at radius 1 is 0.889 bits per heavy atom. The van der Waals surface area contributed by atoms with Crippen molar-refractivity contribution in [1.29, 1.82) is 0 Å². The van der Waals surface area contributed by atoms with Gasteiger partial charge in [-0.15, -0.1) is 0 Å². The fourth-order valence-electron chi connectivity index (χ4n) is 3.01. The van der Waals surface area contributed by atoms with Crippen molar-refractivity contribution in [2.45, 2.75) is 19.4 Å². The first-order chi connectivity index (χ1) is 8.93. The Morgan fingerprint density at radius 2 is 1.78 bits per heavy atom. The lowest BCUT2D eigenvalue weighted by Crippen LogP contribution is -2.15. The summed E-state index contributed by atoms with van der Waals surface area (Å²) in [5.74, 6) is 0. The molecule has 4 rings (SSSR count). The molecule has 0 aromatic heterocycles.